The van der Waals surface area contributed by atoms with Crippen molar-refractivity contribution >= 4 is 0 Å². The van der Waals surface area contributed by atoms with Crippen LogP contribution in [0.4, 0.5) is 0 Å². The highest BCUT2D eigenvalue weighted by molar-refractivity contribution is 4.77. The van der Waals surface area contributed by atoms with E-state index in [4.69, 9.17) is 0 Å². The Hall–Kier alpha value is -0.120. The number of unbranched alkanes of at least 4 members (excludes halogenated alkanes) is 13. The van der Waals surface area contributed by atoms with Crippen LogP contribution in [0, 0.1) is 0 Å². The highest BCUT2D eigenvalue weighted by Crippen LogP contribution is 2.16. The van der Waals surface area contributed by atoms with E-state index in [-0.39, 0.29) is 0 Å². The zero-order valence-electron chi connectivity index (χ0n) is 18.2. The number of nitrogens with one attached hydrogen (secondary N) is 1. The third kappa shape index (κ3) is 23.9. The van der Waals surface area contributed by atoms with Crippen LogP contribution < -0.4 is 17.0 Å². The van der Waals surface area contributed by atoms with Crippen LogP contribution >= 0.6 is 0 Å². The molecule has 5 N–H and O–H groups in total. The van der Waals surface area contributed by atoms with Crippen molar-refractivity contribution in [2.45, 2.75) is 136 Å². The standard InChI is InChI=1S/C22H47N.H4N2/c1-5-7-9-11-13-15-17-19-21-23-22(3,4)20-18-16-14-12-10-8-6-2;1-2/h23H,5-21H2,1-4H3;1-2H2. The van der Waals surface area contributed by atoms with Gasteiger partial charge in [0.05, 0.1) is 0 Å². The van der Waals surface area contributed by atoms with E-state index >= 15 is 0 Å². The van der Waals surface area contributed by atoms with Gasteiger partial charge in [-0.2, -0.15) is 0 Å². The van der Waals surface area contributed by atoms with Crippen molar-refractivity contribution in [1.82, 2.24) is 5.32 Å². The van der Waals surface area contributed by atoms with Gasteiger partial charge in [-0.25, -0.2) is 0 Å². The first-order chi connectivity index (χ1) is 12.1. The summed E-state index contributed by atoms with van der Waals surface area (Å²) in [4.78, 5) is 0. The Morgan fingerprint density at radius 3 is 1.36 bits per heavy atom. The second-order valence-corrected chi connectivity index (χ2v) is 8.16. The molecule has 0 atom stereocenters. The molecule has 0 heterocycles. The molecule has 0 radical (unpaired) electrons. The summed E-state index contributed by atoms with van der Waals surface area (Å²) in [7, 11) is 0. The summed E-state index contributed by atoms with van der Waals surface area (Å²) in [6.45, 7) is 10.6. The van der Waals surface area contributed by atoms with Crippen molar-refractivity contribution in [3.8, 4) is 0 Å². The molecule has 0 aliphatic heterocycles. The van der Waals surface area contributed by atoms with Crippen molar-refractivity contribution < 1.29 is 0 Å². The Morgan fingerprint density at radius 1 is 0.560 bits per heavy atom. The minimum absolute atomic E-state index is 0.338. The molecule has 0 unspecified atom stereocenters. The van der Waals surface area contributed by atoms with Crippen LogP contribution in [0.15, 0.2) is 0 Å². The Labute approximate surface area is 160 Å². The molecule has 0 aliphatic rings. The van der Waals surface area contributed by atoms with Crippen LogP contribution in [-0.2, 0) is 0 Å². The molecule has 0 aliphatic carbocycles. The number of nitrogens with two attached hydrogens (primary N) is 2. The Kier molecular flexibility index (Phi) is 23.8. The van der Waals surface area contributed by atoms with Gasteiger partial charge >= 0.3 is 0 Å². The van der Waals surface area contributed by atoms with Gasteiger partial charge in [-0.05, 0) is 33.2 Å². The van der Waals surface area contributed by atoms with Crippen molar-refractivity contribution in [3.63, 3.8) is 0 Å². The van der Waals surface area contributed by atoms with Gasteiger partial charge in [-0.15, -0.1) is 0 Å². The van der Waals surface area contributed by atoms with Crippen LogP contribution in [0.2, 0.25) is 0 Å². The smallest absolute Gasteiger partial charge is 0.0125 e. The second kappa shape index (κ2) is 21.9. The summed E-state index contributed by atoms with van der Waals surface area (Å²) in [6, 6.07) is 0. The molecule has 154 valence electrons. The minimum Gasteiger partial charge on any atom is -0.312 e. The lowest BCUT2D eigenvalue weighted by Gasteiger charge is -2.26. The topological polar surface area (TPSA) is 64.1 Å². The molecule has 25 heavy (non-hydrogen) atoms. The SMILES string of the molecule is CCCCCCCCCCNC(C)(C)CCCCCCCCC.NN. The van der Waals surface area contributed by atoms with Crippen LogP contribution in [0.3, 0.4) is 0 Å². The highest BCUT2D eigenvalue weighted by Gasteiger charge is 2.15. The van der Waals surface area contributed by atoms with Gasteiger partial charge < -0.3 is 5.32 Å². The van der Waals surface area contributed by atoms with Crippen molar-refractivity contribution in [2.24, 2.45) is 11.7 Å². The number of hydrogen-bond donors (Lipinski definition) is 3. The van der Waals surface area contributed by atoms with Gasteiger partial charge in [0.1, 0.15) is 0 Å². The maximum atomic E-state index is 4.00. The van der Waals surface area contributed by atoms with Gasteiger partial charge in [0, 0.05) is 5.54 Å². The highest BCUT2D eigenvalue weighted by atomic mass is 15.0. The number of hydrogen-bond acceptors (Lipinski definition) is 3. The summed E-state index contributed by atoms with van der Waals surface area (Å²) in [5, 5.41) is 3.78. The van der Waals surface area contributed by atoms with E-state index in [1.165, 1.54) is 109 Å². The molecule has 0 rings (SSSR count). The van der Waals surface area contributed by atoms with Gasteiger partial charge in [-0.1, -0.05) is 104 Å². The molecular weight excluding hydrogens is 306 g/mol. The van der Waals surface area contributed by atoms with Gasteiger partial charge in [-0.3, -0.25) is 11.7 Å². The molecule has 0 saturated heterocycles. The molecule has 0 fully saturated rings. The van der Waals surface area contributed by atoms with Crippen molar-refractivity contribution in [2.75, 3.05) is 6.54 Å². The van der Waals surface area contributed by atoms with E-state index < -0.39 is 0 Å². The van der Waals surface area contributed by atoms with E-state index in [1.807, 2.05) is 0 Å². The monoisotopic (exact) mass is 357 g/mol. The second-order valence-electron chi connectivity index (χ2n) is 8.16. The lowest BCUT2D eigenvalue weighted by atomic mass is 9.95. The average molecular weight is 358 g/mol. The fourth-order valence-electron chi connectivity index (χ4n) is 3.30. The summed E-state index contributed by atoms with van der Waals surface area (Å²) < 4.78 is 0. The lowest BCUT2D eigenvalue weighted by molar-refractivity contribution is 0.342. The minimum atomic E-state index is 0.338. The molecule has 0 saturated carbocycles. The van der Waals surface area contributed by atoms with E-state index in [0.29, 0.717) is 5.54 Å². The zero-order valence-corrected chi connectivity index (χ0v) is 18.2. The summed E-state index contributed by atoms with van der Waals surface area (Å²) in [5.74, 6) is 8.00. The fourth-order valence-corrected chi connectivity index (χ4v) is 3.30. The molecule has 0 aromatic carbocycles. The van der Waals surface area contributed by atoms with Gasteiger partial charge in [0.15, 0.2) is 0 Å². The third-order valence-electron chi connectivity index (χ3n) is 5.04. The quantitative estimate of drug-likeness (QED) is 0.150. The average Bonchev–Trinajstić information content (AvgIpc) is 2.61. The van der Waals surface area contributed by atoms with Crippen LogP contribution in [0.1, 0.15) is 130 Å². The third-order valence-corrected chi connectivity index (χ3v) is 5.04. The van der Waals surface area contributed by atoms with Crippen molar-refractivity contribution in [3.05, 3.63) is 0 Å². The van der Waals surface area contributed by atoms with Gasteiger partial charge in [0.2, 0.25) is 0 Å². The van der Waals surface area contributed by atoms with Gasteiger partial charge in [0.25, 0.3) is 0 Å². The molecule has 0 bridgehead atoms. The number of hydrazine groups is 1. The summed E-state index contributed by atoms with van der Waals surface area (Å²) in [5.41, 5.74) is 0.338. The molecule has 0 spiro atoms. The van der Waals surface area contributed by atoms with Crippen LogP contribution in [0.25, 0.3) is 0 Å². The molecule has 0 amide bonds. The molecule has 0 aromatic rings. The predicted octanol–water partition coefficient (Wildman–Crippen LogP) is 6.45. The van der Waals surface area contributed by atoms with E-state index in [0.717, 1.165) is 0 Å². The molecule has 3 heteroatoms. The maximum Gasteiger partial charge on any atom is 0.0125 e. The van der Waals surface area contributed by atoms with Crippen molar-refractivity contribution in [1.29, 1.82) is 0 Å². The lowest BCUT2D eigenvalue weighted by Crippen LogP contribution is -2.39. The van der Waals surface area contributed by atoms with Crippen LogP contribution in [-0.4, -0.2) is 12.1 Å². The first kappa shape index (κ1) is 27.1. The number of rotatable bonds is 18. The molecular formula is C22H51N3. The first-order valence-corrected chi connectivity index (χ1v) is 11.2. The molecule has 3 nitrogen and oxygen atoms in total. The summed E-state index contributed by atoms with van der Waals surface area (Å²) >= 11 is 0. The van der Waals surface area contributed by atoms with E-state index in [1.54, 1.807) is 0 Å². The van der Waals surface area contributed by atoms with Crippen LogP contribution in [0.5, 0.6) is 0 Å². The normalized spacial score (nSPS) is 11.3. The fraction of sp³-hybridized carbons (Fsp3) is 1.00. The van der Waals surface area contributed by atoms with E-state index in [9.17, 15) is 0 Å². The maximum absolute atomic E-state index is 4.00. The largest absolute Gasteiger partial charge is 0.312 e. The predicted molar refractivity (Wildman–Crippen MR) is 116 cm³/mol. The molecule has 0 aromatic heterocycles. The Morgan fingerprint density at radius 2 is 0.920 bits per heavy atom. The van der Waals surface area contributed by atoms with E-state index in [2.05, 4.69) is 44.7 Å². The Bertz CT molecular complexity index is 229. The zero-order chi connectivity index (χ0) is 19.2. The Balaban J connectivity index is 0. The summed E-state index contributed by atoms with van der Waals surface area (Å²) in [6.07, 6.45) is 22.6. The first-order valence-electron chi connectivity index (χ1n) is 11.2.